The van der Waals surface area contributed by atoms with Gasteiger partial charge in [0.25, 0.3) is 0 Å². The van der Waals surface area contributed by atoms with Crippen LogP contribution >= 0.6 is 0 Å². The number of aryl methyl sites for hydroxylation is 2. The first-order valence-corrected chi connectivity index (χ1v) is 6.62. The fourth-order valence-corrected chi connectivity index (χ4v) is 2.09. The summed E-state index contributed by atoms with van der Waals surface area (Å²) in [6.07, 6.45) is -0.123. The summed E-state index contributed by atoms with van der Waals surface area (Å²) in [4.78, 5) is 0. The first-order chi connectivity index (χ1) is 9.08. The van der Waals surface area contributed by atoms with Gasteiger partial charge in [0.2, 0.25) is 0 Å². The molecule has 100 valence electrons. The zero-order chi connectivity index (χ0) is 13.8. The summed E-state index contributed by atoms with van der Waals surface area (Å²) in [6.45, 7) is 6.09. The van der Waals surface area contributed by atoms with Crippen LogP contribution in [0.3, 0.4) is 0 Å². The first-order valence-electron chi connectivity index (χ1n) is 6.62. The predicted molar refractivity (Wildman–Crippen MR) is 79.4 cm³/mol. The molecule has 0 radical (unpaired) electrons. The molecule has 2 N–H and O–H groups in total. The SMILES string of the molecule is Cc1ccc(C)c(OC(c2ccccc2)C(C)N)c1. The monoisotopic (exact) mass is 255 g/mol. The largest absolute Gasteiger partial charge is 0.484 e. The third kappa shape index (κ3) is 3.36. The predicted octanol–water partition coefficient (Wildman–Crippen LogP) is 3.77. The lowest BCUT2D eigenvalue weighted by atomic mass is 10.0. The highest BCUT2D eigenvalue weighted by Crippen LogP contribution is 2.27. The molecule has 0 bridgehead atoms. The average molecular weight is 255 g/mol. The molecule has 0 aromatic heterocycles. The van der Waals surface area contributed by atoms with E-state index < -0.39 is 0 Å². The van der Waals surface area contributed by atoms with Gasteiger partial charge in [-0.3, -0.25) is 0 Å². The molecule has 0 saturated heterocycles. The summed E-state index contributed by atoms with van der Waals surface area (Å²) in [5.41, 5.74) is 9.51. The van der Waals surface area contributed by atoms with Gasteiger partial charge in [0, 0.05) is 6.04 Å². The highest BCUT2D eigenvalue weighted by molar-refractivity contribution is 5.37. The van der Waals surface area contributed by atoms with Crippen LogP contribution in [0.4, 0.5) is 0 Å². The Morgan fingerprint density at radius 1 is 1.00 bits per heavy atom. The van der Waals surface area contributed by atoms with E-state index in [1.807, 2.05) is 25.1 Å². The molecule has 0 heterocycles. The Labute approximate surface area is 115 Å². The molecule has 0 aliphatic heterocycles. The van der Waals surface area contributed by atoms with Gasteiger partial charge >= 0.3 is 0 Å². The van der Waals surface area contributed by atoms with Gasteiger partial charge in [-0.15, -0.1) is 0 Å². The number of benzene rings is 2. The summed E-state index contributed by atoms with van der Waals surface area (Å²) < 4.78 is 6.15. The van der Waals surface area contributed by atoms with E-state index in [-0.39, 0.29) is 12.1 Å². The van der Waals surface area contributed by atoms with E-state index in [2.05, 4.69) is 44.2 Å². The van der Waals surface area contributed by atoms with Crippen LogP contribution in [0.25, 0.3) is 0 Å². The number of hydrogen-bond donors (Lipinski definition) is 1. The van der Waals surface area contributed by atoms with Crippen molar-refractivity contribution in [1.82, 2.24) is 0 Å². The van der Waals surface area contributed by atoms with Crippen LogP contribution in [0.2, 0.25) is 0 Å². The van der Waals surface area contributed by atoms with E-state index in [1.54, 1.807) is 0 Å². The van der Waals surface area contributed by atoms with Crippen molar-refractivity contribution in [3.8, 4) is 5.75 Å². The summed E-state index contributed by atoms with van der Waals surface area (Å²) in [5, 5.41) is 0. The van der Waals surface area contributed by atoms with Crippen molar-refractivity contribution < 1.29 is 4.74 Å². The maximum Gasteiger partial charge on any atom is 0.138 e. The minimum atomic E-state index is -0.123. The Morgan fingerprint density at radius 2 is 1.68 bits per heavy atom. The number of rotatable bonds is 4. The van der Waals surface area contributed by atoms with Gasteiger partial charge in [0.05, 0.1) is 0 Å². The van der Waals surface area contributed by atoms with Gasteiger partial charge in [0.15, 0.2) is 0 Å². The van der Waals surface area contributed by atoms with Crippen molar-refractivity contribution in [2.24, 2.45) is 5.73 Å². The van der Waals surface area contributed by atoms with Crippen LogP contribution in [0.15, 0.2) is 48.5 Å². The van der Waals surface area contributed by atoms with E-state index in [9.17, 15) is 0 Å². The summed E-state index contributed by atoms with van der Waals surface area (Å²) in [6, 6.07) is 16.3. The Hall–Kier alpha value is -1.80. The Morgan fingerprint density at radius 3 is 2.32 bits per heavy atom. The smallest absolute Gasteiger partial charge is 0.138 e. The topological polar surface area (TPSA) is 35.2 Å². The van der Waals surface area contributed by atoms with Crippen LogP contribution in [-0.2, 0) is 0 Å². The molecule has 2 atom stereocenters. The van der Waals surface area contributed by atoms with Gasteiger partial charge in [-0.25, -0.2) is 0 Å². The minimum absolute atomic E-state index is 0.0673. The number of hydrogen-bond acceptors (Lipinski definition) is 2. The summed E-state index contributed by atoms with van der Waals surface area (Å²) in [5.74, 6) is 0.908. The lowest BCUT2D eigenvalue weighted by Crippen LogP contribution is -2.29. The van der Waals surface area contributed by atoms with Crippen LogP contribution < -0.4 is 10.5 Å². The zero-order valence-corrected chi connectivity index (χ0v) is 11.8. The molecule has 2 rings (SSSR count). The second-order valence-electron chi connectivity index (χ2n) is 5.08. The van der Waals surface area contributed by atoms with E-state index in [0.717, 1.165) is 16.9 Å². The van der Waals surface area contributed by atoms with Crippen LogP contribution in [0, 0.1) is 13.8 Å². The van der Waals surface area contributed by atoms with Crippen molar-refractivity contribution in [2.45, 2.75) is 32.9 Å². The lowest BCUT2D eigenvalue weighted by Gasteiger charge is -2.24. The van der Waals surface area contributed by atoms with E-state index in [0.29, 0.717) is 0 Å². The number of ether oxygens (including phenoxy) is 1. The molecule has 2 unspecified atom stereocenters. The van der Waals surface area contributed by atoms with Crippen molar-refractivity contribution in [1.29, 1.82) is 0 Å². The average Bonchev–Trinajstić information content (AvgIpc) is 2.40. The first kappa shape index (κ1) is 13.6. The maximum atomic E-state index is 6.15. The van der Waals surface area contributed by atoms with Crippen LogP contribution in [0.1, 0.15) is 29.7 Å². The molecule has 0 aliphatic rings. The Bertz CT molecular complexity index is 534. The fraction of sp³-hybridized carbons (Fsp3) is 0.294. The molecule has 0 fully saturated rings. The van der Waals surface area contributed by atoms with Crippen LogP contribution in [0.5, 0.6) is 5.75 Å². The molecule has 2 aromatic carbocycles. The zero-order valence-electron chi connectivity index (χ0n) is 11.8. The molecule has 19 heavy (non-hydrogen) atoms. The van der Waals surface area contributed by atoms with Crippen molar-refractivity contribution >= 4 is 0 Å². The molecular weight excluding hydrogens is 234 g/mol. The van der Waals surface area contributed by atoms with E-state index in [1.165, 1.54) is 5.56 Å². The van der Waals surface area contributed by atoms with Crippen molar-refractivity contribution in [3.63, 3.8) is 0 Å². The van der Waals surface area contributed by atoms with E-state index in [4.69, 9.17) is 10.5 Å². The minimum Gasteiger partial charge on any atom is -0.484 e. The molecule has 2 aromatic rings. The molecule has 0 spiro atoms. The van der Waals surface area contributed by atoms with Crippen molar-refractivity contribution in [3.05, 3.63) is 65.2 Å². The molecule has 0 aliphatic carbocycles. The normalized spacial score (nSPS) is 13.9. The maximum absolute atomic E-state index is 6.15. The standard InChI is InChI=1S/C17H21NO/c1-12-9-10-13(2)16(11-12)19-17(14(3)18)15-7-5-4-6-8-15/h4-11,14,17H,18H2,1-3H3. The van der Waals surface area contributed by atoms with Gasteiger partial charge in [-0.05, 0) is 43.5 Å². The van der Waals surface area contributed by atoms with Gasteiger partial charge < -0.3 is 10.5 Å². The number of nitrogens with two attached hydrogens (primary N) is 1. The second kappa shape index (κ2) is 5.89. The lowest BCUT2D eigenvalue weighted by molar-refractivity contribution is 0.179. The summed E-state index contributed by atoms with van der Waals surface area (Å²) in [7, 11) is 0. The second-order valence-corrected chi connectivity index (χ2v) is 5.08. The van der Waals surface area contributed by atoms with Gasteiger partial charge in [-0.2, -0.15) is 0 Å². The highest BCUT2D eigenvalue weighted by Gasteiger charge is 2.18. The third-order valence-electron chi connectivity index (χ3n) is 3.20. The third-order valence-corrected chi connectivity index (χ3v) is 3.20. The van der Waals surface area contributed by atoms with E-state index >= 15 is 0 Å². The summed E-state index contributed by atoms with van der Waals surface area (Å²) >= 11 is 0. The molecule has 2 heteroatoms. The van der Waals surface area contributed by atoms with Crippen LogP contribution in [-0.4, -0.2) is 6.04 Å². The molecule has 0 saturated carbocycles. The molecule has 2 nitrogen and oxygen atoms in total. The highest BCUT2D eigenvalue weighted by atomic mass is 16.5. The van der Waals surface area contributed by atoms with Gasteiger partial charge in [0.1, 0.15) is 11.9 Å². The molecule has 0 amide bonds. The van der Waals surface area contributed by atoms with Gasteiger partial charge in [-0.1, -0.05) is 42.5 Å². The quantitative estimate of drug-likeness (QED) is 0.902. The Kier molecular flexibility index (Phi) is 4.23. The van der Waals surface area contributed by atoms with Crippen molar-refractivity contribution in [2.75, 3.05) is 0 Å². The Balaban J connectivity index is 2.29. The fourth-order valence-electron chi connectivity index (χ4n) is 2.09. The molecular formula is C17H21NO.